The SMILES string of the molecule is CNS(=O)(=O)c1ccc(C(=O)/C=C/c2cc(OC)c(OC)cc2OC)cc1. The number of sulfonamides is 1. The first-order valence-corrected chi connectivity index (χ1v) is 9.40. The van der Waals surface area contributed by atoms with E-state index in [2.05, 4.69) is 4.72 Å². The smallest absolute Gasteiger partial charge is 0.240 e. The minimum atomic E-state index is -3.54. The summed E-state index contributed by atoms with van der Waals surface area (Å²) in [5, 5.41) is 0. The first kappa shape index (κ1) is 20.5. The van der Waals surface area contributed by atoms with Crippen molar-refractivity contribution >= 4 is 21.9 Å². The van der Waals surface area contributed by atoms with Crippen molar-refractivity contribution < 1.29 is 27.4 Å². The van der Waals surface area contributed by atoms with Crippen LogP contribution in [-0.4, -0.2) is 42.6 Å². The van der Waals surface area contributed by atoms with Gasteiger partial charge in [0.2, 0.25) is 10.0 Å². The number of benzene rings is 2. The van der Waals surface area contributed by atoms with E-state index in [1.165, 1.54) is 58.7 Å². The van der Waals surface area contributed by atoms with Crippen molar-refractivity contribution in [3.63, 3.8) is 0 Å². The van der Waals surface area contributed by atoms with Crippen LogP contribution in [0.4, 0.5) is 0 Å². The molecule has 2 aromatic rings. The van der Waals surface area contributed by atoms with Crippen LogP contribution < -0.4 is 18.9 Å². The average molecular weight is 391 g/mol. The van der Waals surface area contributed by atoms with Gasteiger partial charge in [0.15, 0.2) is 17.3 Å². The van der Waals surface area contributed by atoms with Gasteiger partial charge in [0.25, 0.3) is 0 Å². The number of ether oxygens (including phenoxy) is 3. The number of ketones is 1. The molecular weight excluding hydrogens is 370 g/mol. The summed E-state index contributed by atoms with van der Waals surface area (Å²) in [6.07, 6.45) is 2.98. The Morgan fingerprint density at radius 1 is 0.926 bits per heavy atom. The van der Waals surface area contributed by atoms with Crippen LogP contribution >= 0.6 is 0 Å². The van der Waals surface area contributed by atoms with E-state index in [0.29, 0.717) is 28.4 Å². The van der Waals surface area contributed by atoms with E-state index in [4.69, 9.17) is 14.2 Å². The van der Waals surface area contributed by atoms with E-state index < -0.39 is 10.0 Å². The predicted molar refractivity (Wildman–Crippen MR) is 102 cm³/mol. The molecule has 27 heavy (non-hydrogen) atoms. The highest BCUT2D eigenvalue weighted by Gasteiger charge is 2.13. The second-order valence-corrected chi connectivity index (χ2v) is 7.27. The lowest BCUT2D eigenvalue weighted by Gasteiger charge is -2.12. The molecule has 0 aliphatic heterocycles. The monoisotopic (exact) mass is 391 g/mol. The van der Waals surface area contributed by atoms with Crippen molar-refractivity contribution in [3.8, 4) is 17.2 Å². The molecule has 0 saturated carbocycles. The minimum absolute atomic E-state index is 0.0899. The molecule has 2 aromatic carbocycles. The average Bonchev–Trinajstić information content (AvgIpc) is 2.71. The van der Waals surface area contributed by atoms with Crippen molar-refractivity contribution in [1.29, 1.82) is 0 Å². The second kappa shape index (κ2) is 8.70. The summed E-state index contributed by atoms with van der Waals surface area (Å²) in [6.45, 7) is 0. The van der Waals surface area contributed by atoms with E-state index in [9.17, 15) is 13.2 Å². The maximum Gasteiger partial charge on any atom is 0.240 e. The van der Waals surface area contributed by atoms with Gasteiger partial charge in [0, 0.05) is 17.2 Å². The Morgan fingerprint density at radius 2 is 1.48 bits per heavy atom. The zero-order valence-electron chi connectivity index (χ0n) is 15.5. The van der Waals surface area contributed by atoms with Gasteiger partial charge in [-0.1, -0.05) is 0 Å². The fraction of sp³-hybridized carbons (Fsp3) is 0.211. The summed E-state index contributed by atoms with van der Waals surface area (Å²) in [4.78, 5) is 12.5. The van der Waals surface area contributed by atoms with Gasteiger partial charge in [-0.2, -0.15) is 0 Å². The molecule has 0 bridgehead atoms. The van der Waals surface area contributed by atoms with Gasteiger partial charge in [-0.05, 0) is 49.5 Å². The zero-order valence-corrected chi connectivity index (χ0v) is 16.3. The fourth-order valence-corrected chi connectivity index (χ4v) is 3.09. The molecule has 0 atom stereocenters. The molecule has 0 amide bonds. The molecule has 0 aromatic heterocycles. The molecule has 0 saturated heterocycles. The van der Waals surface area contributed by atoms with Gasteiger partial charge in [0.1, 0.15) is 5.75 Å². The van der Waals surface area contributed by atoms with Crippen LogP contribution in [0.25, 0.3) is 6.08 Å². The third-order valence-electron chi connectivity index (χ3n) is 3.87. The fourth-order valence-electron chi connectivity index (χ4n) is 2.36. The first-order chi connectivity index (χ1) is 12.9. The molecule has 0 heterocycles. The van der Waals surface area contributed by atoms with Crippen LogP contribution in [0, 0.1) is 0 Å². The van der Waals surface area contributed by atoms with Crippen LogP contribution in [0.15, 0.2) is 47.4 Å². The summed E-state index contributed by atoms with van der Waals surface area (Å²) < 4.78 is 41.5. The molecule has 8 heteroatoms. The standard InChI is InChI=1S/C19H21NO6S/c1-20-27(22,23)15-8-5-13(6-9-15)16(21)10-7-14-11-18(25-3)19(26-4)12-17(14)24-2/h5-12,20H,1-4H3/b10-7+. The molecule has 0 radical (unpaired) electrons. The van der Waals surface area contributed by atoms with Crippen LogP contribution in [0.3, 0.4) is 0 Å². The lowest BCUT2D eigenvalue weighted by atomic mass is 10.1. The van der Waals surface area contributed by atoms with Crippen LogP contribution in [0.5, 0.6) is 17.2 Å². The number of nitrogens with one attached hydrogen (secondary N) is 1. The van der Waals surface area contributed by atoms with Gasteiger partial charge < -0.3 is 14.2 Å². The quantitative estimate of drug-likeness (QED) is 0.549. The molecule has 0 unspecified atom stereocenters. The maximum absolute atomic E-state index is 12.4. The van der Waals surface area contributed by atoms with Crippen LogP contribution in [0.1, 0.15) is 15.9 Å². The van der Waals surface area contributed by atoms with E-state index in [1.807, 2.05) is 0 Å². The number of carbonyl (C=O) groups is 1. The Kier molecular flexibility index (Phi) is 6.59. The third kappa shape index (κ3) is 4.66. The zero-order chi connectivity index (χ0) is 20.0. The molecule has 0 aliphatic rings. The molecule has 0 fully saturated rings. The maximum atomic E-state index is 12.4. The van der Waals surface area contributed by atoms with Gasteiger partial charge >= 0.3 is 0 Å². The summed E-state index contributed by atoms with van der Waals surface area (Å²) in [5.74, 6) is 1.26. The minimum Gasteiger partial charge on any atom is -0.496 e. The Balaban J connectivity index is 2.29. The van der Waals surface area contributed by atoms with Crippen LogP contribution in [0.2, 0.25) is 0 Å². The lowest BCUT2D eigenvalue weighted by molar-refractivity contribution is 0.104. The van der Waals surface area contributed by atoms with E-state index in [1.54, 1.807) is 18.2 Å². The second-order valence-electron chi connectivity index (χ2n) is 5.38. The van der Waals surface area contributed by atoms with Crippen molar-refractivity contribution in [2.24, 2.45) is 0 Å². The predicted octanol–water partition coefficient (Wildman–Crippen LogP) is 2.52. The summed E-state index contributed by atoms with van der Waals surface area (Å²) in [5.41, 5.74) is 0.999. The van der Waals surface area contributed by atoms with Gasteiger partial charge in [0.05, 0.1) is 26.2 Å². The highest BCUT2D eigenvalue weighted by atomic mass is 32.2. The summed E-state index contributed by atoms with van der Waals surface area (Å²) in [6, 6.07) is 9.05. The molecule has 7 nitrogen and oxygen atoms in total. The summed E-state index contributed by atoms with van der Waals surface area (Å²) >= 11 is 0. The third-order valence-corrected chi connectivity index (χ3v) is 5.30. The number of rotatable bonds is 8. The molecule has 2 rings (SSSR count). The van der Waals surface area contributed by atoms with Crippen LogP contribution in [-0.2, 0) is 10.0 Å². The van der Waals surface area contributed by atoms with Gasteiger partial charge in [-0.3, -0.25) is 4.79 Å². The normalized spacial score (nSPS) is 11.4. The Morgan fingerprint density at radius 3 is 2.00 bits per heavy atom. The lowest BCUT2D eigenvalue weighted by Crippen LogP contribution is -2.18. The molecular formula is C19H21NO6S. The first-order valence-electron chi connectivity index (χ1n) is 7.92. The highest BCUT2D eigenvalue weighted by molar-refractivity contribution is 7.89. The topological polar surface area (TPSA) is 90.9 Å². The highest BCUT2D eigenvalue weighted by Crippen LogP contribution is 2.35. The number of allylic oxidation sites excluding steroid dienone is 1. The number of hydrogen-bond donors (Lipinski definition) is 1. The largest absolute Gasteiger partial charge is 0.496 e. The molecule has 0 aliphatic carbocycles. The van der Waals surface area contributed by atoms with Crippen molar-refractivity contribution in [2.75, 3.05) is 28.4 Å². The van der Waals surface area contributed by atoms with Crippen molar-refractivity contribution in [3.05, 3.63) is 53.6 Å². The van der Waals surface area contributed by atoms with Gasteiger partial charge in [-0.25, -0.2) is 13.1 Å². The van der Waals surface area contributed by atoms with Gasteiger partial charge in [-0.15, -0.1) is 0 Å². The Bertz CT molecular complexity index is 949. The Labute approximate surface area is 158 Å². The van der Waals surface area contributed by atoms with E-state index >= 15 is 0 Å². The van der Waals surface area contributed by atoms with E-state index in [-0.39, 0.29) is 10.7 Å². The molecule has 1 N–H and O–H groups in total. The molecule has 144 valence electrons. The number of methoxy groups -OCH3 is 3. The number of hydrogen-bond acceptors (Lipinski definition) is 6. The number of carbonyl (C=O) groups excluding carboxylic acids is 1. The Hall–Kier alpha value is -2.84. The molecule has 0 spiro atoms. The van der Waals surface area contributed by atoms with Crippen molar-refractivity contribution in [2.45, 2.75) is 4.90 Å². The van der Waals surface area contributed by atoms with E-state index in [0.717, 1.165) is 0 Å². The van der Waals surface area contributed by atoms with Crippen molar-refractivity contribution in [1.82, 2.24) is 4.72 Å². The summed E-state index contributed by atoms with van der Waals surface area (Å²) in [7, 11) is 2.34.